The third kappa shape index (κ3) is 4.85. The number of hydrogen-bond donors (Lipinski definition) is 5. The molecule has 3 unspecified atom stereocenters. The fourth-order valence-electron chi connectivity index (χ4n) is 5.16. The Kier molecular flexibility index (Phi) is 6.63. The molecule has 1 saturated heterocycles. The second-order valence-corrected chi connectivity index (χ2v) is 9.63. The fraction of sp³-hybridized carbons (Fsp3) is 0.636. The van der Waals surface area contributed by atoms with Crippen LogP contribution < -0.4 is 20.7 Å². The van der Waals surface area contributed by atoms with E-state index in [9.17, 15) is 24.2 Å². The molecule has 1 aliphatic heterocycles. The van der Waals surface area contributed by atoms with E-state index < -0.39 is 41.2 Å². The summed E-state index contributed by atoms with van der Waals surface area (Å²) in [4.78, 5) is 25.2. The number of carbonyl (C=O) groups excluding carboxylic acids is 2. The molecule has 2 amide bonds. The van der Waals surface area contributed by atoms with Gasteiger partial charge in [0.2, 0.25) is 5.91 Å². The Morgan fingerprint density at radius 1 is 1.19 bits per heavy atom. The highest BCUT2D eigenvalue weighted by molar-refractivity contribution is 6.30. The Hall–Kier alpha value is -1.94. The van der Waals surface area contributed by atoms with Crippen LogP contribution in [0.3, 0.4) is 0 Å². The summed E-state index contributed by atoms with van der Waals surface area (Å²) in [6.07, 6.45) is 3.25. The summed E-state index contributed by atoms with van der Waals surface area (Å²) in [5.74, 6) is -0.999. The summed E-state index contributed by atoms with van der Waals surface area (Å²) < 4.78 is 18.9. The van der Waals surface area contributed by atoms with Gasteiger partial charge in [0.1, 0.15) is 17.8 Å². The first-order valence-electron chi connectivity index (χ1n) is 11.0. The Morgan fingerprint density at radius 3 is 2.59 bits per heavy atom. The molecule has 8 nitrogen and oxygen atoms in total. The molecule has 4 fully saturated rings. The molecule has 1 heterocycles. The fourth-order valence-corrected chi connectivity index (χ4v) is 5.28. The number of carbonyl (C=O) groups is 2. The molecule has 4 aliphatic rings. The second kappa shape index (κ2) is 9.13. The summed E-state index contributed by atoms with van der Waals surface area (Å²) in [6.45, 7) is -0.312. The van der Waals surface area contributed by atoms with Crippen LogP contribution in [0.25, 0.3) is 0 Å². The smallest absolute Gasteiger partial charge is 0.258 e. The van der Waals surface area contributed by atoms with E-state index in [-0.39, 0.29) is 23.3 Å². The minimum atomic E-state index is -0.813. The first-order valence-corrected chi connectivity index (χ1v) is 11.4. The maximum absolute atomic E-state index is 13.5. The third-order valence-corrected chi connectivity index (χ3v) is 7.35. The van der Waals surface area contributed by atoms with Gasteiger partial charge in [0.15, 0.2) is 6.61 Å². The number of aliphatic hydroxyl groups excluding tert-OH is 2. The van der Waals surface area contributed by atoms with Crippen molar-refractivity contribution in [1.82, 2.24) is 16.0 Å². The number of rotatable bonds is 6. The van der Waals surface area contributed by atoms with E-state index in [1.165, 1.54) is 12.1 Å². The quantitative estimate of drug-likeness (QED) is 0.429. The molecule has 5 rings (SSSR count). The topological polar surface area (TPSA) is 120 Å². The number of benzene rings is 1. The van der Waals surface area contributed by atoms with E-state index in [2.05, 4.69) is 16.0 Å². The van der Waals surface area contributed by atoms with Crippen LogP contribution in [0.4, 0.5) is 4.39 Å². The van der Waals surface area contributed by atoms with Crippen molar-refractivity contribution < 1.29 is 28.9 Å². The van der Waals surface area contributed by atoms with E-state index in [0.29, 0.717) is 44.9 Å². The number of fused-ring (bicyclic) bond motifs is 3. The van der Waals surface area contributed by atoms with Gasteiger partial charge in [-0.2, -0.15) is 0 Å². The molecule has 1 aromatic rings. The molecule has 3 saturated carbocycles. The highest BCUT2D eigenvalue weighted by Gasteiger charge is 2.55. The first kappa shape index (κ1) is 23.2. The summed E-state index contributed by atoms with van der Waals surface area (Å²) in [5, 5.41) is 29.5. The second-order valence-electron chi connectivity index (χ2n) is 9.22. The molecule has 176 valence electrons. The van der Waals surface area contributed by atoms with Crippen molar-refractivity contribution in [2.24, 2.45) is 0 Å². The van der Waals surface area contributed by atoms with Crippen LogP contribution in [0, 0.1) is 5.82 Å². The van der Waals surface area contributed by atoms with E-state index in [1.807, 2.05) is 0 Å². The van der Waals surface area contributed by atoms with E-state index in [4.69, 9.17) is 16.3 Å². The van der Waals surface area contributed by atoms with Crippen molar-refractivity contribution in [1.29, 1.82) is 0 Å². The molecule has 2 bridgehead atoms. The maximum atomic E-state index is 13.5. The summed E-state index contributed by atoms with van der Waals surface area (Å²) in [5.41, 5.74) is -1.28. The Morgan fingerprint density at radius 2 is 1.94 bits per heavy atom. The average molecular weight is 470 g/mol. The molecule has 32 heavy (non-hydrogen) atoms. The highest BCUT2D eigenvalue weighted by atomic mass is 35.5. The lowest BCUT2D eigenvalue weighted by Crippen LogP contribution is -2.71. The zero-order valence-electron chi connectivity index (χ0n) is 17.7. The van der Waals surface area contributed by atoms with Gasteiger partial charge in [-0.15, -0.1) is 0 Å². The monoisotopic (exact) mass is 469 g/mol. The predicted octanol–water partition coefficient (Wildman–Crippen LogP) is 1.37. The van der Waals surface area contributed by atoms with Gasteiger partial charge in [0.05, 0.1) is 22.7 Å². The number of hydrogen-bond acceptors (Lipinski definition) is 6. The number of ether oxygens (including phenoxy) is 1. The van der Waals surface area contributed by atoms with Gasteiger partial charge in [-0.3, -0.25) is 14.9 Å². The summed E-state index contributed by atoms with van der Waals surface area (Å²) in [6, 6.07) is 3.51. The van der Waals surface area contributed by atoms with Crippen LogP contribution in [0.1, 0.15) is 51.4 Å². The van der Waals surface area contributed by atoms with Crippen LogP contribution in [0.2, 0.25) is 5.02 Å². The largest absolute Gasteiger partial charge is 0.484 e. The molecular formula is C22H29ClFN3O5. The molecule has 0 radical (unpaired) electrons. The van der Waals surface area contributed by atoms with Gasteiger partial charge in [-0.1, -0.05) is 11.6 Å². The van der Waals surface area contributed by atoms with Gasteiger partial charge in [0, 0.05) is 11.6 Å². The van der Waals surface area contributed by atoms with Crippen molar-refractivity contribution in [3.05, 3.63) is 29.0 Å². The van der Waals surface area contributed by atoms with Crippen molar-refractivity contribution in [3.8, 4) is 5.75 Å². The Bertz CT molecular complexity index is 877. The van der Waals surface area contributed by atoms with Gasteiger partial charge in [0.25, 0.3) is 5.91 Å². The number of halogens is 2. The zero-order valence-corrected chi connectivity index (χ0v) is 18.5. The molecule has 0 spiro atoms. The normalized spacial score (nSPS) is 34.1. The van der Waals surface area contributed by atoms with Crippen LogP contribution >= 0.6 is 11.6 Å². The molecule has 3 atom stereocenters. The highest BCUT2D eigenvalue weighted by Crippen LogP contribution is 2.47. The van der Waals surface area contributed by atoms with Gasteiger partial charge >= 0.3 is 0 Å². The molecular weight excluding hydrogens is 441 g/mol. The molecule has 0 aromatic heterocycles. The van der Waals surface area contributed by atoms with Gasteiger partial charge < -0.3 is 25.6 Å². The summed E-state index contributed by atoms with van der Waals surface area (Å²) >= 11 is 5.64. The standard InChI is InChI=1S/C22H29ClFN3O5/c23-14-5-4-13(10-15(14)24)32-12-19(30)26-22-8-6-21(7-9-22,11-17(22)28)27-20(31)16-2-1-3-18(29)25-16/h4-5,10,16-18,25,28-29H,1-3,6-9,11-12H2,(H,26,30)(H,27,31). The van der Waals surface area contributed by atoms with E-state index in [0.717, 1.165) is 12.5 Å². The number of amides is 2. The number of aliphatic hydroxyl groups is 2. The van der Waals surface area contributed by atoms with Gasteiger partial charge in [-0.05, 0) is 63.5 Å². The van der Waals surface area contributed by atoms with E-state index >= 15 is 0 Å². The molecule has 3 aliphatic carbocycles. The van der Waals surface area contributed by atoms with Crippen molar-refractivity contribution >= 4 is 23.4 Å². The number of nitrogens with one attached hydrogen (secondary N) is 3. The van der Waals surface area contributed by atoms with Crippen LogP contribution in [-0.4, -0.2) is 58.1 Å². The van der Waals surface area contributed by atoms with Crippen LogP contribution in [0.15, 0.2) is 18.2 Å². The lowest BCUT2D eigenvalue weighted by Gasteiger charge is -2.56. The van der Waals surface area contributed by atoms with Crippen LogP contribution in [0.5, 0.6) is 5.75 Å². The van der Waals surface area contributed by atoms with Gasteiger partial charge in [-0.25, -0.2) is 4.39 Å². The van der Waals surface area contributed by atoms with Crippen molar-refractivity contribution in [2.45, 2.75) is 80.8 Å². The SMILES string of the molecule is O=C(COc1ccc(Cl)c(F)c1)NC12CCC(NC(=O)C3CCCC(O)N3)(CC1)CC2O. The Balaban J connectivity index is 1.31. The van der Waals surface area contributed by atoms with Crippen molar-refractivity contribution in [2.75, 3.05) is 6.61 Å². The molecule has 10 heteroatoms. The summed E-state index contributed by atoms with van der Waals surface area (Å²) in [7, 11) is 0. The minimum absolute atomic E-state index is 0.0285. The average Bonchev–Trinajstić information content (AvgIpc) is 2.76. The molecule has 5 N–H and O–H groups in total. The zero-order chi connectivity index (χ0) is 22.9. The first-order chi connectivity index (χ1) is 15.2. The van der Waals surface area contributed by atoms with Crippen LogP contribution in [-0.2, 0) is 9.59 Å². The Labute approximate surface area is 190 Å². The molecule has 1 aromatic carbocycles. The van der Waals surface area contributed by atoms with E-state index in [1.54, 1.807) is 0 Å². The maximum Gasteiger partial charge on any atom is 0.258 e. The lowest BCUT2D eigenvalue weighted by molar-refractivity contribution is -0.137. The van der Waals surface area contributed by atoms with Crippen molar-refractivity contribution in [3.63, 3.8) is 0 Å². The number of piperidine rings is 1. The lowest BCUT2D eigenvalue weighted by atomic mass is 9.59. The third-order valence-electron chi connectivity index (χ3n) is 7.04. The minimum Gasteiger partial charge on any atom is -0.484 e. The predicted molar refractivity (Wildman–Crippen MR) is 115 cm³/mol.